The standard InChI is InChI=1S/C14H32P2.2C4H6.Cr/c1-11(2)15(12(3)4)9-10-16(13(5)6)14(7)8;2*1-3-4-2;/h11-14H,9-10H2,1-8H3;2*1-2H3;. The monoisotopic (exact) mass is 422 g/mol. The molecule has 0 aliphatic heterocycles. The summed E-state index contributed by atoms with van der Waals surface area (Å²) in [5.41, 5.74) is 3.63. The van der Waals surface area contributed by atoms with Gasteiger partial charge in [0.25, 0.3) is 0 Å². The van der Waals surface area contributed by atoms with E-state index < -0.39 is 0 Å². The Kier molecular flexibility index (Phi) is 29.9. The summed E-state index contributed by atoms with van der Waals surface area (Å²) in [7, 11) is 0.511. The van der Waals surface area contributed by atoms with E-state index in [-0.39, 0.29) is 33.2 Å². The Hall–Kier alpha value is 0.512. The van der Waals surface area contributed by atoms with Crippen LogP contribution in [0.2, 0.25) is 0 Å². The average molecular weight is 423 g/mol. The van der Waals surface area contributed by atoms with Crippen molar-refractivity contribution in [3.8, 4) is 23.7 Å². The second kappa shape index (κ2) is 22.6. The van der Waals surface area contributed by atoms with Crippen LogP contribution in [0, 0.1) is 23.7 Å². The van der Waals surface area contributed by atoms with Crippen molar-refractivity contribution in [3.63, 3.8) is 0 Å². The van der Waals surface area contributed by atoms with Crippen molar-refractivity contribution in [1.29, 1.82) is 0 Å². The first-order chi connectivity index (χ1) is 11.1. The quantitative estimate of drug-likeness (QED) is 0.292. The third kappa shape index (κ3) is 22.5. The van der Waals surface area contributed by atoms with Crippen molar-refractivity contribution in [1.82, 2.24) is 0 Å². The molecule has 0 spiro atoms. The van der Waals surface area contributed by atoms with Gasteiger partial charge >= 0.3 is 0 Å². The fourth-order valence-electron chi connectivity index (χ4n) is 2.46. The van der Waals surface area contributed by atoms with Crippen LogP contribution in [-0.4, -0.2) is 35.0 Å². The van der Waals surface area contributed by atoms with Gasteiger partial charge in [-0.15, -0.1) is 39.5 Å². The van der Waals surface area contributed by atoms with Crippen LogP contribution in [0.25, 0.3) is 0 Å². The molecule has 0 fully saturated rings. The van der Waals surface area contributed by atoms with E-state index in [4.69, 9.17) is 0 Å². The molecule has 0 aliphatic carbocycles. The van der Waals surface area contributed by atoms with Crippen LogP contribution in [0.5, 0.6) is 0 Å². The largest absolute Gasteiger partial charge is 0.107 e. The van der Waals surface area contributed by atoms with Crippen LogP contribution in [0.15, 0.2) is 0 Å². The summed E-state index contributed by atoms with van der Waals surface area (Å²) in [6, 6.07) is 0. The summed E-state index contributed by atoms with van der Waals surface area (Å²) in [5, 5.41) is 0. The minimum absolute atomic E-state index is 0. The SMILES string of the molecule is CC#CC.CC#CC.CC(C)P(CCP(C(C)C)C(C)C)C(C)C.[Cr]. The smallest absolute Gasteiger partial charge is 0 e. The molecule has 0 unspecified atom stereocenters. The molecule has 0 atom stereocenters. The van der Waals surface area contributed by atoms with E-state index in [1.54, 1.807) is 0 Å². The third-order valence-corrected chi connectivity index (χ3v) is 10.9. The zero-order valence-corrected chi connectivity index (χ0v) is 22.1. The van der Waals surface area contributed by atoms with E-state index in [9.17, 15) is 0 Å². The third-order valence-electron chi connectivity index (χ3n) is 3.77. The van der Waals surface area contributed by atoms with Crippen LogP contribution < -0.4 is 0 Å². The van der Waals surface area contributed by atoms with E-state index in [0.717, 1.165) is 22.6 Å². The molecule has 0 radical (unpaired) electrons. The van der Waals surface area contributed by atoms with Gasteiger partial charge in [-0.05, 0) is 62.7 Å². The maximum atomic E-state index is 2.68. The van der Waals surface area contributed by atoms with Gasteiger partial charge in [0.05, 0.1) is 0 Å². The fourth-order valence-corrected chi connectivity index (χ4v) is 8.75. The van der Waals surface area contributed by atoms with Crippen LogP contribution in [0.3, 0.4) is 0 Å². The van der Waals surface area contributed by atoms with Crippen molar-refractivity contribution in [2.45, 2.75) is 106 Å². The zero-order chi connectivity index (χ0) is 19.7. The van der Waals surface area contributed by atoms with Gasteiger partial charge in [0, 0.05) is 17.4 Å². The second-order valence-corrected chi connectivity index (χ2v) is 13.9. The van der Waals surface area contributed by atoms with Gasteiger partial charge in [0.15, 0.2) is 0 Å². The molecule has 0 rings (SSSR count). The maximum Gasteiger partial charge on any atom is 0 e. The van der Waals surface area contributed by atoms with E-state index in [0.29, 0.717) is 0 Å². The molecule has 148 valence electrons. The molecule has 25 heavy (non-hydrogen) atoms. The number of rotatable bonds is 7. The molecule has 3 heteroatoms. The van der Waals surface area contributed by atoms with E-state index in [1.807, 2.05) is 27.7 Å². The topological polar surface area (TPSA) is 0 Å². The summed E-state index contributed by atoms with van der Waals surface area (Å²) < 4.78 is 0. The van der Waals surface area contributed by atoms with Crippen molar-refractivity contribution < 1.29 is 17.4 Å². The molecule has 0 saturated carbocycles. The van der Waals surface area contributed by atoms with Crippen molar-refractivity contribution in [2.75, 3.05) is 12.3 Å². The molecule has 0 aromatic heterocycles. The maximum absolute atomic E-state index is 2.68. The number of hydrogen-bond donors (Lipinski definition) is 0. The van der Waals surface area contributed by atoms with Gasteiger partial charge in [-0.25, -0.2) is 0 Å². The first-order valence-corrected chi connectivity index (χ1v) is 12.6. The Morgan fingerprint density at radius 2 is 0.640 bits per heavy atom. The van der Waals surface area contributed by atoms with Gasteiger partial charge in [0.2, 0.25) is 0 Å². The van der Waals surface area contributed by atoms with Gasteiger partial charge in [-0.2, -0.15) is 0 Å². The molecule has 0 aromatic rings. The van der Waals surface area contributed by atoms with Crippen LogP contribution in [0.1, 0.15) is 83.1 Å². The van der Waals surface area contributed by atoms with Gasteiger partial charge < -0.3 is 0 Å². The van der Waals surface area contributed by atoms with Crippen molar-refractivity contribution in [3.05, 3.63) is 0 Å². The Balaban J connectivity index is -0.000000205. The molecule has 0 saturated heterocycles. The van der Waals surface area contributed by atoms with Gasteiger partial charge in [0.1, 0.15) is 0 Å². The molecule has 0 nitrogen and oxygen atoms in total. The van der Waals surface area contributed by atoms with E-state index in [1.165, 1.54) is 12.3 Å². The Morgan fingerprint density at radius 3 is 0.720 bits per heavy atom. The summed E-state index contributed by atoms with van der Waals surface area (Å²) in [6.07, 6.45) is 3.01. The second-order valence-electron chi connectivity index (χ2n) is 6.85. The molecule has 0 heterocycles. The summed E-state index contributed by atoms with van der Waals surface area (Å²) in [5.74, 6) is 10.7. The van der Waals surface area contributed by atoms with E-state index >= 15 is 0 Å². The summed E-state index contributed by atoms with van der Waals surface area (Å²) in [4.78, 5) is 0. The molecule has 0 aliphatic rings. The predicted molar refractivity (Wildman–Crippen MR) is 122 cm³/mol. The minimum atomic E-state index is 0. The van der Waals surface area contributed by atoms with Crippen LogP contribution in [-0.2, 0) is 17.4 Å². The first kappa shape index (κ1) is 33.1. The zero-order valence-electron chi connectivity index (χ0n) is 19.0. The Labute approximate surface area is 174 Å². The van der Waals surface area contributed by atoms with Gasteiger partial charge in [-0.1, -0.05) is 55.4 Å². The van der Waals surface area contributed by atoms with Crippen molar-refractivity contribution >= 4 is 15.8 Å². The Bertz CT molecular complexity index is 312. The average Bonchev–Trinajstić information content (AvgIpc) is 2.50. The fraction of sp³-hybridized carbons (Fsp3) is 0.818. The normalized spacial score (nSPS) is 9.52. The predicted octanol–water partition coefficient (Wildman–Crippen LogP) is 7.64. The molecular weight excluding hydrogens is 378 g/mol. The van der Waals surface area contributed by atoms with E-state index in [2.05, 4.69) is 79.1 Å². The minimum Gasteiger partial charge on any atom is -0.107 e. The first-order valence-electron chi connectivity index (χ1n) is 9.28. The van der Waals surface area contributed by atoms with Gasteiger partial charge in [-0.3, -0.25) is 0 Å². The summed E-state index contributed by atoms with van der Waals surface area (Å²) >= 11 is 0. The molecule has 0 aromatic carbocycles. The molecule has 0 N–H and O–H groups in total. The van der Waals surface area contributed by atoms with Crippen molar-refractivity contribution in [2.24, 2.45) is 0 Å². The number of hydrogen-bond acceptors (Lipinski definition) is 0. The molecular formula is C22H44CrP2. The molecule has 0 bridgehead atoms. The molecule has 0 amide bonds. The Morgan fingerprint density at radius 1 is 0.480 bits per heavy atom. The van der Waals surface area contributed by atoms with Crippen LogP contribution in [0.4, 0.5) is 0 Å². The summed E-state index contributed by atoms with van der Waals surface area (Å²) in [6.45, 7) is 26.6. The van der Waals surface area contributed by atoms with Crippen LogP contribution >= 0.6 is 15.8 Å².